The van der Waals surface area contributed by atoms with Crippen molar-refractivity contribution < 1.29 is 14.3 Å². The Hall–Kier alpha value is -0.830. The summed E-state index contributed by atoms with van der Waals surface area (Å²) in [4.78, 5) is 11.0. The van der Waals surface area contributed by atoms with Gasteiger partial charge in [0.1, 0.15) is 0 Å². The second-order valence-corrected chi connectivity index (χ2v) is 5.99. The number of esters is 1. The lowest BCUT2D eigenvalue weighted by molar-refractivity contribution is -0.142. The Morgan fingerprint density at radius 1 is 1.12 bits per heavy atom. The van der Waals surface area contributed by atoms with Gasteiger partial charge in [-0.25, -0.2) is 4.79 Å². The topological polar surface area (TPSA) is 35.5 Å². The molecule has 0 aliphatic carbocycles. The highest BCUT2D eigenvalue weighted by molar-refractivity contribution is 5.81. The van der Waals surface area contributed by atoms with E-state index in [-0.39, 0.29) is 16.8 Å². The van der Waals surface area contributed by atoms with Crippen LogP contribution in [0.4, 0.5) is 0 Å². The zero-order valence-electron chi connectivity index (χ0n) is 11.8. The maximum Gasteiger partial charge on any atom is 0.330 e. The average molecular weight is 242 g/mol. The Balaban J connectivity index is 3.93. The minimum Gasteiger partial charge on any atom is -0.462 e. The summed E-state index contributed by atoms with van der Waals surface area (Å²) in [5.41, 5.74) is 0.0381. The van der Waals surface area contributed by atoms with Crippen molar-refractivity contribution in [3.63, 3.8) is 0 Å². The summed E-state index contributed by atoms with van der Waals surface area (Å²) in [6.45, 7) is 15.6. The van der Waals surface area contributed by atoms with Gasteiger partial charge in [0, 0.05) is 11.5 Å². The molecule has 0 aliphatic rings. The molecule has 0 saturated carbocycles. The fourth-order valence-corrected chi connectivity index (χ4v) is 1.07. The Kier molecular flexibility index (Phi) is 6.46. The third-order valence-corrected chi connectivity index (χ3v) is 2.71. The zero-order valence-corrected chi connectivity index (χ0v) is 11.8. The van der Waals surface area contributed by atoms with Gasteiger partial charge in [-0.1, -0.05) is 41.2 Å². The summed E-state index contributed by atoms with van der Waals surface area (Å²) in [5, 5.41) is 0. The van der Waals surface area contributed by atoms with Crippen molar-refractivity contribution in [3.05, 3.63) is 12.7 Å². The smallest absolute Gasteiger partial charge is 0.330 e. The van der Waals surface area contributed by atoms with Crippen molar-refractivity contribution in [2.45, 2.75) is 41.0 Å². The number of carbonyl (C=O) groups is 1. The summed E-state index contributed by atoms with van der Waals surface area (Å²) >= 11 is 0. The quantitative estimate of drug-likeness (QED) is 0.484. The lowest BCUT2D eigenvalue weighted by atomic mass is 9.91. The Morgan fingerprint density at radius 2 is 1.65 bits per heavy atom. The highest BCUT2D eigenvalue weighted by Crippen LogP contribution is 2.22. The molecule has 0 unspecified atom stereocenters. The van der Waals surface area contributed by atoms with Crippen LogP contribution in [0.5, 0.6) is 0 Å². The van der Waals surface area contributed by atoms with Crippen LogP contribution >= 0.6 is 0 Å². The van der Waals surface area contributed by atoms with Crippen molar-refractivity contribution >= 4 is 5.97 Å². The molecular weight excluding hydrogens is 216 g/mol. The normalized spacial score (nSPS) is 12.3. The van der Waals surface area contributed by atoms with Gasteiger partial charge < -0.3 is 9.47 Å². The maximum absolute atomic E-state index is 11.0. The molecule has 0 radical (unpaired) electrons. The molecule has 17 heavy (non-hydrogen) atoms. The standard InChI is InChI=1S/C14H26O3/c1-7-12(15)17-11-14(5,6)10-16-9-13(3,4)8-2/h7H,1,8-11H2,2-6H3. The first-order valence-corrected chi connectivity index (χ1v) is 6.09. The summed E-state index contributed by atoms with van der Waals surface area (Å²) in [7, 11) is 0. The molecule has 100 valence electrons. The van der Waals surface area contributed by atoms with E-state index in [1.807, 2.05) is 13.8 Å². The second-order valence-electron chi connectivity index (χ2n) is 5.99. The predicted octanol–water partition coefficient (Wildman–Crippen LogP) is 3.19. The van der Waals surface area contributed by atoms with Crippen LogP contribution < -0.4 is 0 Å². The van der Waals surface area contributed by atoms with E-state index in [2.05, 4.69) is 27.4 Å². The highest BCUT2D eigenvalue weighted by Gasteiger charge is 2.22. The van der Waals surface area contributed by atoms with Crippen LogP contribution in [-0.4, -0.2) is 25.8 Å². The first-order chi connectivity index (χ1) is 7.72. The highest BCUT2D eigenvalue weighted by atomic mass is 16.5. The largest absolute Gasteiger partial charge is 0.462 e. The first kappa shape index (κ1) is 16.2. The van der Waals surface area contributed by atoms with Gasteiger partial charge in [-0.3, -0.25) is 0 Å². The van der Waals surface area contributed by atoms with Crippen LogP contribution in [0.1, 0.15) is 41.0 Å². The molecule has 0 bridgehead atoms. The Labute approximate surface area is 105 Å². The molecular formula is C14H26O3. The molecule has 0 saturated heterocycles. The van der Waals surface area contributed by atoms with E-state index in [1.165, 1.54) is 6.08 Å². The van der Waals surface area contributed by atoms with Crippen molar-refractivity contribution in [1.29, 1.82) is 0 Å². The van der Waals surface area contributed by atoms with Crippen LogP contribution in [-0.2, 0) is 14.3 Å². The van der Waals surface area contributed by atoms with Gasteiger partial charge >= 0.3 is 5.97 Å². The van der Waals surface area contributed by atoms with E-state index in [0.717, 1.165) is 13.0 Å². The van der Waals surface area contributed by atoms with Crippen LogP contribution in [0.2, 0.25) is 0 Å². The van der Waals surface area contributed by atoms with Crippen molar-refractivity contribution in [3.8, 4) is 0 Å². The van der Waals surface area contributed by atoms with E-state index < -0.39 is 0 Å². The number of rotatable bonds is 8. The predicted molar refractivity (Wildman–Crippen MR) is 69.8 cm³/mol. The molecule has 3 nitrogen and oxygen atoms in total. The van der Waals surface area contributed by atoms with Gasteiger partial charge in [-0.2, -0.15) is 0 Å². The van der Waals surface area contributed by atoms with Gasteiger partial charge in [0.2, 0.25) is 0 Å². The van der Waals surface area contributed by atoms with Gasteiger partial charge in [0.05, 0.1) is 19.8 Å². The van der Waals surface area contributed by atoms with Crippen LogP contribution in [0.3, 0.4) is 0 Å². The van der Waals surface area contributed by atoms with E-state index in [1.54, 1.807) is 0 Å². The lowest BCUT2D eigenvalue weighted by Crippen LogP contribution is -2.29. The molecule has 0 aromatic rings. The maximum atomic E-state index is 11.0. The molecule has 3 heteroatoms. The molecule has 0 N–H and O–H groups in total. The molecule has 0 rings (SSSR count). The number of ether oxygens (including phenoxy) is 2. The third kappa shape index (κ3) is 7.97. The van der Waals surface area contributed by atoms with Crippen molar-refractivity contribution in [1.82, 2.24) is 0 Å². The van der Waals surface area contributed by atoms with Gasteiger partial charge in [0.15, 0.2) is 0 Å². The molecule has 0 spiro atoms. The summed E-state index contributed by atoms with van der Waals surface area (Å²) in [5.74, 6) is -0.382. The number of carbonyl (C=O) groups excluding carboxylic acids is 1. The van der Waals surface area contributed by atoms with Crippen molar-refractivity contribution in [2.24, 2.45) is 10.8 Å². The van der Waals surface area contributed by atoms with Gasteiger partial charge in [-0.15, -0.1) is 0 Å². The minimum atomic E-state index is -0.382. The molecule has 0 amide bonds. The molecule has 0 aliphatic heterocycles. The van der Waals surface area contributed by atoms with Crippen molar-refractivity contribution in [2.75, 3.05) is 19.8 Å². The second kappa shape index (κ2) is 6.80. The minimum absolute atomic E-state index is 0.164. The van der Waals surface area contributed by atoms with E-state index in [9.17, 15) is 4.79 Å². The van der Waals surface area contributed by atoms with E-state index in [0.29, 0.717) is 13.2 Å². The summed E-state index contributed by atoms with van der Waals surface area (Å²) in [6, 6.07) is 0. The van der Waals surface area contributed by atoms with Gasteiger partial charge in [-0.05, 0) is 11.8 Å². The van der Waals surface area contributed by atoms with Crippen LogP contribution in [0.25, 0.3) is 0 Å². The average Bonchev–Trinajstić information content (AvgIpc) is 2.25. The molecule has 0 aromatic heterocycles. The van der Waals surface area contributed by atoms with E-state index in [4.69, 9.17) is 9.47 Å². The van der Waals surface area contributed by atoms with Gasteiger partial charge in [0.25, 0.3) is 0 Å². The SMILES string of the molecule is C=CC(=O)OCC(C)(C)COCC(C)(C)CC. The molecule has 0 aromatic carbocycles. The summed E-state index contributed by atoms with van der Waals surface area (Å²) < 4.78 is 10.7. The third-order valence-electron chi connectivity index (χ3n) is 2.71. The molecule has 0 heterocycles. The first-order valence-electron chi connectivity index (χ1n) is 6.09. The van der Waals surface area contributed by atoms with E-state index >= 15 is 0 Å². The lowest BCUT2D eigenvalue weighted by Gasteiger charge is -2.27. The molecule has 0 fully saturated rings. The Morgan fingerprint density at radius 3 is 2.12 bits per heavy atom. The number of hydrogen-bond acceptors (Lipinski definition) is 3. The monoisotopic (exact) mass is 242 g/mol. The fraction of sp³-hybridized carbons (Fsp3) is 0.786. The van der Waals surface area contributed by atoms with Crippen LogP contribution in [0, 0.1) is 10.8 Å². The zero-order chi connectivity index (χ0) is 13.5. The number of hydrogen-bond donors (Lipinski definition) is 0. The molecule has 0 atom stereocenters. The van der Waals surface area contributed by atoms with Crippen LogP contribution in [0.15, 0.2) is 12.7 Å². The Bertz CT molecular complexity index is 254. The summed E-state index contributed by atoms with van der Waals surface area (Å²) in [6.07, 6.45) is 2.26. The fourth-order valence-electron chi connectivity index (χ4n) is 1.07.